The van der Waals surface area contributed by atoms with Gasteiger partial charge in [-0.05, 0) is 0 Å². The van der Waals surface area contributed by atoms with Gasteiger partial charge in [-0.3, -0.25) is 0 Å². The number of hydrogen-bond donors (Lipinski definition) is 1. The normalized spacial score (nSPS) is 10.5. The van der Waals surface area contributed by atoms with Gasteiger partial charge in [0.15, 0.2) is 0 Å². The van der Waals surface area contributed by atoms with Crippen LogP contribution in [0.2, 0.25) is 5.02 Å². The van der Waals surface area contributed by atoms with E-state index in [0.717, 1.165) is 6.20 Å². The van der Waals surface area contributed by atoms with Gasteiger partial charge in [-0.15, -0.1) is 0 Å². The smallest absolute Gasteiger partial charge is 0.342 e. The molecule has 1 aromatic heterocycles. The molecule has 0 aliphatic carbocycles. The first kappa shape index (κ1) is 11.6. The molecule has 0 aromatic carbocycles. The van der Waals surface area contributed by atoms with E-state index < -0.39 is 28.5 Å². The summed E-state index contributed by atoms with van der Waals surface area (Å²) in [6.07, 6.45) is -2.09. The maximum absolute atomic E-state index is 12.3. The second-order valence-corrected chi connectivity index (χ2v) is 2.90. The summed E-state index contributed by atoms with van der Waals surface area (Å²) in [5.41, 5.74) is -1.19. The zero-order valence-corrected chi connectivity index (χ0v) is 8.26. The Kier molecular flexibility index (Phi) is 3.41. The first-order chi connectivity index (χ1) is 6.99. The Balaban J connectivity index is 3.42. The molecule has 0 amide bonds. The van der Waals surface area contributed by atoms with Crippen molar-refractivity contribution >= 4 is 17.6 Å². The van der Waals surface area contributed by atoms with Crippen LogP contribution in [-0.2, 0) is 0 Å². The van der Waals surface area contributed by atoms with Crippen LogP contribution in [0.4, 0.5) is 8.78 Å². The van der Waals surface area contributed by atoms with E-state index in [1.807, 2.05) is 0 Å². The van der Waals surface area contributed by atoms with Crippen molar-refractivity contribution in [3.63, 3.8) is 0 Å². The van der Waals surface area contributed by atoms with Gasteiger partial charge in [0.1, 0.15) is 5.56 Å². The Hall–Kier alpha value is -1.43. The fraction of sp³-hybridized carbons (Fsp3) is 0.250. The Morgan fingerprint density at radius 2 is 2.27 bits per heavy atom. The fourth-order valence-electron chi connectivity index (χ4n) is 0.980. The molecule has 0 unspecified atom stereocenters. The summed E-state index contributed by atoms with van der Waals surface area (Å²) < 4.78 is 29.3. The Morgan fingerprint density at radius 1 is 1.67 bits per heavy atom. The molecule has 0 atom stereocenters. The van der Waals surface area contributed by atoms with Crippen LogP contribution in [0, 0.1) is 0 Å². The lowest BCUT2D eigenvalue weighted by Gasteiger charge is -2.08. The average molecular weight is 238 g/mol. The standard InChI is InChI=1S/C8H6ClF2NO3/c1-15-7-4(8(13)14)5(9)3(2-12-7)6(10)11/h2,6H,1H3,(H,13,14). The summed E-state index contributed by atoms with van der Waals surface area (Å²) in [6.45, 7) is 0. The van der Waals surface area contributed by atoms with Gasteiger partial charge < -0.3 is 9.84 Å². The molecule has 0 spiro atoms. The molecule has 0 radical (unpaired) electrons. The number of carboxylic acid groups (broad SMARTS) is 1. The topological polar surface area (TPSA) is 59.4 Å². The largest absolute Gasteiger partial charge is 0.480 e. The Bertz CT molecular complexity index is 398. The van der Waals surface area contributed by atoms with E-state index in [4.69, 9.17) is 16.7 Å². The van der Waals surface area contributed by atoms with E-state index in [1.54, 1.807) is 0 Å². The van der Waals surface area contributed by atoms with Gasteiger partial charge in [0, 0.05) is 6.20 Å². The minimum absolute atomic E-state index is 0.295. The van der Waals surface area contributed by atoms with Gasteiger partial charge in [-0.1, -0.05) is 11.6 Å². The predicted octanol–water partition coefficient (Wildman–Crippen LogP) is 2.38. The summed E-state index contributed by atoms with van der Waals surface area (Å²) in [7, 11) is 1.17. The van der Waals surface area contributed by atoms with Gasteiger partial charge >= 0.3 is 5.97 Å². The van der Waals surface area contributed by atoms with Crippen molar-refractivity contribution in [2.24, 2.45) is 0 Å². The van der Waals surface area contributed by atoms with E-state index in [-0.39, 0.29) is 5.88 Å². The van der Waals surface area contributed by atoms with Crippen molar-refractivity contribution in [1.29, 1.82) is 0 Å². The maximum atomic E-state index is 12.3. The number of nitrogens with zero attached hydrogens (tertiary/aromatic N) is 1. The van der Waals surface area contributed by atoms with E-state index in [9.17, 15) is 13.6 Å². The highest BCUT2D eigenvalue weighted by Crippen LogP contribution is 2.33. The molecule has 7 heteroatoms. The van der Waals surface area contributed by atoms with Crippen LogP contribution in [0.5, 0.6) is 5.88 Å². The van der Waals surface area contributed by atoms with Gasteiger partial charge in [0.25, 0.3) is 6.43 Å². The molecule has 0 bridgehead atoms. The van der Waals surface area contributed by atoms with Crippen molar-refractivity contribution in [3.8, 4) is 5.88 Å². The van der Waals surface area contributed by atoms with Crippen LogP contribution in [0.25, 0.3) is 0 Å². The third kappa shape index (κ3) is 2.15. The molecule has 1 heterocycles. The third-order valence-electron chi connectivity index (χ3n) is 1.65. The lowest BCUT2D eigenvalue weighted by molar-refractivity contribution is 0.0692. The lowest BCUT2D eigenvalue weighted by atomic mass is 10.2. The molecular weight excluding hydrogens is 232 g/mol. The number of ether oxygens (including phenoxy) is 1. The van der Waals surface area contributed by atoms with Crippen LogP contribution in [0.15, 0.2) is 6.20 Å². The van der Waals surface area contributed by atoms with E-state index >= 15 is 0 Å². The summed E-state index contributed by atoms with van der Waals surface area (Å²) in [5, 5.41) is 8.18. The molecule has 1 N–H and O–H groups in total. The highest BCUT2D eigenvalue weighted by Gasteiger charge is 2.23. The maximum Gasteiger partial charge on any atom is 0.342 e. The van der Waals surface area contributed by atoms with Gasteiger partial charge in [-0.25, -0.2) is 18.6 Å². The molecular formula is C8H6ClF2NO3. The molecule has 1 rings (SSSR count). The number of aromatic nitrogens is 1. The number of hydrogen-bond acceptors (Lipinski definition) is 3. The molecule has 0 fully saturated rings. The molecule has 0 saturated heterocycles. The Morgan fingerprint density at radius 3 is 2.67 bits per heavy atom. The minimum Gasteiger partial charge on any atom is -0.480 e. The van der Waals surface area contributed by atoms with Crippen LogP contribution >= 0.6 is 11.6 Å². The minimum atomic E-state index is -2.88. The number of alkyl halides is 2. The molecule has 0 aliphatic heterocycles. The number of aromatic carboxylic acids is 1. The highest BCUT2D eigenvalue weighted by molar-refractivity contribution is 6.34. The SMILES string of the molecule is COc1ncc(C(F)F)c(Cl)c1C(=O)O. The summed E-state index contributed by atoms with van der Waals surface area (Å²) >= 11 is 5.50. The number of rotatable bonds is 3. The second-order valence-electron chi connectivity index (χ2n) is 2.52. The van der Waals surface area contributed by atoms with Crippen molar-refractivity contribution in [2.75, 3.05) is 7.11 Å². The van der Waals surface area contributed by atoms with Crippen LogP contribution in [-0.4, -0.2) is 23.2 Å². The van der Waals surface area contributed by atoms with Crippen molar-refractivity contribution in [3.05, 3.63) is 22.3 Å². The molecule has 1 aromatic rings. The van der Waals surface area contributed by atoms with Gasteiger partial charge in [0.2, 0.25) is 5.88 Å². The molecule has 82 valence electrons. The highest BCUT2D eigenvalue weighted by atomic mass is 35.5. The summed E-state index contributed by atoms with van der Waals surface area (Å²) in [5.74, 6) is -1.76. The van der Waals surface area contributed by atoms with Crippen molar-refractivity contribution in [1.82, 2.24) is 4.98 Å². The van der Waals surface area contributed by atoms with Gasteiger partial charge in [0.05, 0.1) is 17.7 Å². The first-order valence-electron chi connectivity index (χ1n) is 3.72. The third-order valence-corrected chi connectivity index (χ3v) is 2.06. The second kappa shape index (κ2) is 4.39. The van der Waals surface area contributed by atoms with Crippen LogP contribution < -0.4 is 4.74 Å². The monoisotopic (exact) mass is 237 g/mol. The Labute approximate surface area is 88.4 Å². The van der Waals surface area contributed by atoms with Crippen molar-refractivity contribution < 1.29 is 23.4 Å². The van der Waals surface area contributed by atoms with Gasteiger partial charge in [-0.2, -0.15) is 0 Å². The predicted molar refractivity (Wildman–Crippen MR) is 47.7 cm³/mol. The number of carboxylic acids is 1. The first-order valence-corrected chi connectivity index (χ1v) is 4.10. The van der Waals surface area contributed by atoms with Crippen LogP contribution in [0.3, 0.4) is 0 Å². The van der Waals surface area contributed by atoms with E-state index in [2.05, 4.69) is 9.72 Å². The van der Waals surface area contributed by atoms with Crippen molar-refractivity contribution in [2.45, 2.75) is 6.43 Å². The van der Waals surface area contributed by atoms with E-state index in [0.29, 0.717) is 0 Å². The zero-order valence-electron chi connectivity index (χ0n) is 7.50. The summed E-state index contributed by atoms with van der Waals surface area (Å²) in [4.78, 5) is 14.2. The molecule has 0 aliphatic rings. The number of halogens is 3. The lowest BCUT2D eigenvalue weighted by Crippen LogP contribution is -2.06. The molecule has 15 heavy (non-hydrogen) atoms. The molecule has 4 nitrogen and oxygen atoms in total. The summed E-state index contributed by atoms with van der Waals surface area (Å²) in [6, 6.07) is 0. The number of methoxy groups -OCH3 is 1. The zero-order chi connectivity index (χ0) is 11.6. The number of carbonyl (C=O) groups is 1. The number of pyridine rings is 1. The molecule has 0 saturated carbocycles. The quantitative estimate of drug-likeness (QED) is 0.877. The van der Waals surface area contributed by atoms with Crippen LogP contribution in [0.1, 0.15) is 22.3 Å². The average Bonchev–Trinajstić information content (AvgIpc) is 2.15. The fourth-order valence-corrected chi connectivity index (χ4v) is 1.27. The van der Waals surface area contributed by atoms with E-state index in [1.165, 1.54) is 7.11 Å².